The van der Waals surface area contributed by atoms with Crippen LogP contribution in [0.5, 0.6) is 0 Å². The minimum absolute atomic E-state index is 0.0585. The Hall–Kier alpha value is -4.59. The molecule has 0 saturated carbocycles. The van der Waals surface area contributed by atoms with Gasteiger partial charge in [-0.25, -0.2) is 28.5 Å². The van der Waals surface area contributed by atoms with Gasteiger partial charge in [-0.05, 0) is 50.1 Å². The number of aliphatic hydroxyl groups is 1. The molecule has 2 aromatic heterocycles. The number of halogens is 5. The first-order valence-corrected chi connectivity index (χ1v) is 16.7. The van der Waals surface area contributed by atoms with Crippen molar-refractivity contribution in [2.75, 3.05) is 18.0 Å². The summed E-state index contributed by atoms with van der Waals surface area (Å²) in [7, 11) is 0. The summed E-state index contributed by atoms with van der Waals surface area (Å²) in [5.41, 5.74) is 3.12. The molecule has 4 aromatic rings. The van der Waals surface area contributed by atoms with E-state index in [-0.39, 0.29) is 23.8 Å². The molecule has 8 nitrogen and oxygen atoms in total. The number of anilines is 1. The van der Waals surface area contributed by atoms with Crippen molar-refractivity contribution in [2.45, 2.75) is 77.7 Å². The number of ether oxygens (including phenoxy) is 1. The van der Waals surface area contributed by atoms with Gasteiger partial charge in [0.05, 0.1) is 47.5 Å². The van der Waals surface area contributed by atoms with Gasteiger partial charge >= 0.3 is 12.3 Å². The molecule has 2 atom stereocenters. The van der Waals surface area contributed by atoms with Crippen LogP contribution >= 0.6 is 11.3 Å². The van der Waals surface area contributed by atoms with Gasteiger partial charge in [0.15, 0.2) is 0 Å². The molecule has 50 heavy (non-hydrogen) atoms. The van der Waals surface area contributed by atoms with E-state index in [1.807, 2.05) is 39.8 Å². The highest BCUT2D eigenvalue weighted by atomic mass is 32.1. The number of rotatable bonds is 7. The van der Waals surface area contributed by atoms with Crippen molar-refractivity contribution >= 4 is 29.1 Å². The second kappa shape index (κ2) is 12.3. The summed E-state index contributed by atoms with van der Waals surface area (Å²) in [6.45, 7) is 13.5. The smallest absolute Gasteiger partial charge is 0.416 e. The Morgan fingerprint density at radius 2 is 1.78 bits per heavy atom. The lowest BCUT2D eigenvalue weighted by Crippen LogP contribution is -2.57. The molecule has 4 heterocycles. The standard InChI is InChI=1S/C36H36F5N5O3S/c1-18-10-23(13-24(11-18)36(39,40)41)28-20(3)46(33(48)49-28)15-27-26(14-42-32(43-27)45-16-35(37,38)17-45)29-30(34(5,6)7)44-31(50-29)25-9-8-22(21(4)47)12-19(25)2/h8-14,20,28,47H,4,15-17H2,1-3,5-7H3/t20-,28-/m0/s1. The number of alkyl halides is 5. The summed E-state index contributed by atoms with van der Waals surface area (Å²) in [4.78, 5) is 31.0. The molecule has 14 heteroatoms. The van der Waals surface area contributed by atoms with E-state index in [4.69, 9.17) is 14.7 Å². The number of carbonyl (C=O) groups excluding carboxylic acids is 1. The molecule has 0 spiro atoms. The third-order valence-electron chi connectivity index (χ3n) is 8.82. The summed E-state index contributed by atoms with van der Waals surface area (Å²) in [6, 6.07) is 8.29. The van der Waals surface area contributed by atoms with E-state index in [2.05, 4.69) is 11.6 Å². The predicted octanol–water partition coefficient (Wildman–Crippen LogP) is 9.27. The summed E-state index contributed by atoms with van der Waals surface area (Å²) >= 11 is 1.38. The Kier molecular flexibility index (Phi) is 8.69. The first kappa shape index (κ1) is 35.2. The van der Waals surface area contributed by atoms with Crippen LogP contribution in [0.15, 0.2) is 49.2 Å². The van der Waals surface area contributed by atoms with Gasteiger partial charge in [0.1, 0.15) is 16.9 Å². The molecule has 0 unspecified atom stereocenters. The highest BCUT2D eigenvalue weighted by Crippen LogP contribution is 2.44. The van der Waals surface area contributed by atoms with Crippen LogP contribution in [0.4, 0.5) is 32.7 Å². The minimum Gasteiger partial charge on any atom is -0.508 e. The number of cyclic esters (lactones) is 1. The van der Waals surface area contributed by atoms with Crippen LogP contribution in [0, 0.1) is 13.8 Å². The molecule has 2 aromatic carbocycles. The van der Waals surface area contributed by atoms with Gasteiger partial charge < -0.3 is 14.7 Å². The Balaban J connectivity index is 1.43. The Labute approximate surface area is 290 Å². The monoisotopic (exact) mass is 713 g/mol. The first-order chi connectivity index (χ1) is 23.2. The van der Waals surface area contributed by atoms with Crippen LogP contribution in [0.3, 0.4) is 0 Å². The number of aliphatic hydroxyl groups excluding tert-OH is 1. The lowest BCUT2D eigenvalue weighted by atomic mass is 9.89. The normalized spacial score (nSPS) is 19.1. The zero-order valence-electron chi connectivity index (χ0n) is 28.3. The average Bonchev–Trinajstić information content (AvgIpc) is 3.56. The zero-order chi connectivity index (χ0) is 36.5. The van der Waals surface area contributed by atoms with Crippen LogP contribution in [0.25, 0.3) is 26.8 Å². The van der Waals surface area contributed by atoms with Crippen LogP contribution < -0.4 is 4.90 Å². The molecule has 264 valence electrons. The van der Waals surface area contributed by atoms with Crippen LogP contribution in [0.1, 0.15) is 73.0 Å². The van der Waals surface area contributed by atoms with E-state index in [1.54, 1.807) is 32.2 Å². The second-order valence-electron chi connectivity index (χ2n) is 14.0. The summed E-state index contributed by atoms with van der Waals surface area (Å²) < 4.78 is 74.4. The van der Waals surface area contributed by atoms with Crippen LogP contribution in [0.2, 0.25) is 0 Å². The van der Waals surface area contributed by atoms with Crippen molar-refractivity contribution < 1.29 is 36.6 Å². The highest BCUT2D eigenvalue weighted by Gasteiger charge is 2.46. The van der Waals surface area contributed by atoms with E-state index in [1.165, 1.54) is 21.1 Å². The molecule has 0 radical (unpaired) electrons. The topological polar surface area (TPSA) is 91.7 Å². The third-order valence-corrected chi connectivity index (χ3v) is 9.94. The number of hydrogen-bond acceptors (Lipinski definition) is 8. The number of hydrogen-bond donors (Lipinski definition) is 1. The van der Waals surface area contributed by atoms with Crippen LogP contribution in [-0.2, 0) is 22.9 Å². The minimum atomic E-state index is -4.58. The quantitative estimate of drug-likeness (QED) is 0.151. The number of nitrogens with zero attached hydrogens (tertiary/aromatic N) is 5. The Morgan fingerprint density at radius 3 is 2.38 bits per heavy atom. The lowest BCUT2D eigenvalue weighted by molar-refractivity contribution is -0.137. The molecular weight excluding hydrogens is 677 g/mol. The lowest BCUT2D eigenvalue weighted by Gasteiger charge is -2.38. The number of benzene rings is 2. The second-order valence-corrected chi connectivity index (χ2v) is 15.0. The van der Waals surface area contributed by atoms with Gasteiger partial charge in [0.2, 0.25) is 5.95 Å². The molecule has 6 rings (SSSR count). The average molecular weight is 714 g/mol. The fourth-order valence-electron chi connectivity index (χ4n) is 6.19. The largest absolute Gasteiger partial charge is 0.508 e. The van der Waals surface area contributed by atoms with Gasteiger partial charge in [-0.15, -0.1) is 11.3 Å². The molecule has 0 aliphatic carbocycles. The maximum atomic E-state index is 13.9. The summed E-state index contributed by atoms with van der Waals surface area (Å²) in [6.07, 6.45) is -4.78. The fourth-order valence-corrected chi connectivity index (χ4v) is 7.59. The van der Waals surface area contributed by atoms with E-state index >= 15 is 0 Å². The van der Waals surface area contributed by atoms with Gasteiger partial charge in [-0.2, -0.15) is 13.2 Å². The van der Waals surface area contributed by atoms with Crippen molar-refractivity contribution in [3.63, 3.8) is 0 Å². The summed E-state index contributed by atoms with van der Waals surface area (Å²) in [5.74, 6) is -2.87. The number of aryl methyl sites for hydroxylation is 2. The van der Waals surface area contributed by atoms with Crippen molar-refractivity contribution in [1.29, 1.82) is 0 Å². The molecule has 2 saturated heterocycles. The number of amides is 1. The van der Waals surface area contributed by atoms with Gasteiger partial charge in [0.25, 0.3) is 5.92 Å². The van der Waals surface area contributed by atoms with E-state index in [0.29, 0.717) is 32.3 Å². The van der Waals surface area contributed by atoms with Crippen molar-refractivity contribution in [2.24, 2.45) is 0 Å². The van der Waals surface area contributed by atoms with Crippen molar-refractivity contribution in [3.05, 3.63) is 88.4 Å². The maximum absolute atomic E-state index is 13.9. The van der Waals surface area contributed by atoms with Gasteiger partial charge in [-0.3, -0.25) is 4.90 Å². The number of carbonyl (C=O) groups is 1. The summed E-state index contributed by atoms with van der Waals surface area (Å²) in [5, 5.41) is 10.6. The molecular formula is C36H36F5N5O3S. The first-order valence-electron chi connectivity index (χ1n) is 15.9. The Morgan fingerprint density at radius 1 is 1.08 bits per heavy atom. The SMILES string of the molecule is C=C(O)c1ccc(-c2nc(C(C)(C)C)c(-c3cnc(N4CC(F)(F)C4)nc3CN3C(=O)O[C@H](c4cc(C)cc(C(F)(F)F)c4)[C@@H]3C)s2)c(C)c1. The van der Waals surface area contributed by atoms with E-state index < -0.39 is 54.4 Å². The zero-order valence-corrected chi connectivity index (χ0v) is 29.1. The molecule has 2 aliphatic rings. The molecule has 1 N–H and O–H groups in total. The van der Waals surface area contributed by atoms with E-state index in [0.717, 1.165) is 29.0 Å². The van der Waals surface area contributed by atoms with Crippen molar-refractivity contribution in [1.82, 2.24) is 19.9 Å². The third kappa shape index (κ3) is 6.77. The Bertz CT molecular complexity index is 2000. The number of aromatic nitrogens is 3. The van der Waals surface area contributed by atoms with Gasteiger partial charge in [-0.1, -0.05) is 51.1 Å². The highest BCUT2D eigenvalue weighted by molar-refractivity contribution is 7.18. The molecule has 0 bridgehead atoms. The molecule has 2 fully saturated rings. The maximum Gasteiger partial charge on any atom is 0.416 e. The molecule has 1 amide bonds. The fraction of sp³-hybridized carbons (Fsp3) is 0.389. The number of thiazole rings is 1. The van der Waals surface area contributed by atoms with Gasteiger partial charge in [0, 0.05) is 28.3 Å². The molecule has 2 aliphatic heterocycles. The van der Waals surface area contributed by atoms with Crippen LogP contribution in [-0.4, -0.2) is 56.1 Å². The van der Waals surface area contributed by atoms with Crippen molar-refractivity contribution in [3.8, 4) is 21.0 Å². The predicted molar refractivity (Wildman–Crippen MR) is 181 cm³/mol. The van der Waals surface area contributed by atoms with E-state index in [9.17, 15) is 31.9 Å².